The average molecular weight is 281 g/mol. The van der Waals surface area contributed by atoms with Crippen molar-refractivity contribution in [2.75, 3.05) is 6.54 Å². The molecule has 2 heteroatoms. The van der Waals surface area contributed by atoms with Crippen molar-refractivity contribution in [2.24, 2.45) is 0 Å². The summed E-state index contributed by atoms with van der Waals surface area (Å²) in [7, 11) is 0. The van der Waals surface area contributed by atoms with Crippen molar-refractivity contribution < 1.29 is 4.74 Å². The molecule has 2 aromatic rings. The van der Waals surface area contributed by atoms with E-state index in [0.717, 1.165) is 12.3 Å². The highest BCUT2D eigenvalue weighted by atomic mass is 16.5. The summed E-state index contributed by atoms with van der Waals surface area (Å²) >= 11 is 0. The molecule has 0 radical (unpaired) electrons. The lowest BCUT2D eigenvalue weighted by Gasteiger charge is -2.21. The number of nitrogens with one attached hydrogen (secondary N) is 1. The molecule has 0 aliphatic carbocycles. The van der Waals surface area contributed by atoms with Crippen molar-refractivity contribution in [3.05, 3.63) is 65.7 Å². The first-order valence-corrected chi connectivity index (χ1v) is 7.79. The zero-order valence-corrected chi connectivity index (χ0v) is 12.8. The highest BCUT2D eigenvalue weighted by molar-refractivity contribution is 5.34. The summed E-state index contributed by atoms with van der Waals surface area (Å²) in [6, 6.07) is 19.8. The van der Waals surface area contributed by atoms with Gasteiger partial charge in [0.1, 0.15) is 5.75 Å². The van der Waals surface area contributed by atoms with Crippen LogP contribution >= 0.6 is 0 Å². The molecule has 1 fully saturated rings. The van der Waals surface area contributed by atoms with Gasteiger partial charge in [-0.05, 0) is 50.1 Å². The van der Waals surface area contributed by atoms with E-state index in [0.29, 0.717) is 12.0 Å². The van der Waals surface area contributed by atoms with Crippen LogP contribution in [-0.4, -0.2) is 12.6 Å². The molecule has 2 atom stereocenters. The van der Waals surface area contributed by atoms with Gasteiger partial charge < -0.3 is 10.1 Å². The van der Waals surface area contributed by atoms with Gasteiger partial charge in [0.15, 0.2) is 0 Å². The van der Waals surface area contributed by atoms with E-state index in [1.54, 1.807) is 0 Å². The van der Waals surface area contributed by atoms with Crippen molar-refractivity contribution in [3.8, 4) is 5.75 Å². The minimum absolute atomic E-state index is 0.223. The van der Waals surface area contributed by atoms with Gasteiger partial charge >= 0.3 is 0 Å². The first-order chi connectivity index (χ1) is 10.2. The monoisotopic (exact) mass is 281 g/mol. The van der Waals surface area contributed by atoms with Gasteiger partial charge in [-0.1, -0.05) is 42.5 Å². The topological polar surface area (TPSA) is 21.3 Å². The van der Waals surface area contributed by atoms with Crippen LogP contribution in [0.25, 0.3) is 0 Å². The lowest BCUT2D eigenvalue weighted by molar-refractivity contribution is 0.242. The van der Waals surface area contributed by atoms with Crippen LogP contribution in [0.1, 0.15) is 43.4 Å². The van der Waals surface area contributed by atoms with E-state index in [1.165, 1.54) is 17.5 Å². The lowest BCUT2D eigenvalue weighted by Crippen LogP contribution is -2.16. The third-order valence-electron chi connectivity index (χ3n) is 4.06. The predicted molar refractivity (Wildman–Crippen MR) is 86.7 cm³/mol. The fourth-order valence-electron chi connectivity index (χ4n) is 3.14. The molecule has 0 amide bonds. The molecule has 1 heterocycles. The largest absolute Gasteiger partial charge is 0.491 e. The first kappa shape index (κ1) is 14.2. The summed E-state index contributed by atoms with van der Waals surface area (Å²) in [5.74, 6) is 1.50. The van der Waals surface area contributed by atoms with Gasteiger partial charge in [0.25, 0.3) is 0 Å². The molecule has 110 valence electrons. The molecule has 1 saturated heterocycles. The Morgan fingerprint density at radius 2 is 1.67 bits per heavy atom. The van der Waals surface area contributed by atoms with Crippen LogP contribution < -0.4 is 10.1 Å². The minimum atomic E-state index is 0.223. The number of hydrogen-bond donors (Lipinski definition) is 1. The van der Waals surface area contributed by atoms with Crippen molar-refractivity contribution in [1.29, 1.82) is 0 Å². The number of ether oxygens (including phenoxy) is 1. The van der Waals surface area contributed by atoms with Crippen molar-refractivity contribution >= 4 is 0 Å². The van der Waals surface area contributed by atoms with Crippen LogP contribution in [0.2, 0.25) is 0 Å². The molecule has 2 unspecified atom stereocenters. The van der Waals surface area contributed by atoms with E-state index in [4.69, 9.17) is 4.74 Å². The van der Waals surface area contributed by atoms with Crippen LogP contribution in [0.15, 0.2) is 54.6 Å². The highest BCUT2D eigenvalue weighted by Gasteiger charge is 2.29. The van der Waals surface area contributed by atoms with E-state index in [1.807, 2.05) is 0 Å². The fourth-order valence-corrected chi connectivity index (χ4v) is 3.14. The second-order valence-corrected chi connectivity index (χ2v) is 5.97. The second kappa shape index (κ2) is 6.31. The van der Waals surface area contributed by atoms with Gasteiger partial charge in [-0.25, -0.2) is 0 Å². The summed E-state index contributed by atoms with van der Waals surface area (Å²) in [5.41, 5.74) is 2.77. The molecule has 0 saturated carbocycles. The molecule has 1 aliphatic heterocycles. The maximum Gasteiger partial charge on any atom is 0.119 e. The summed E-state index contributed by atoms with van der Waals surface area (Å²) < 4.78 is 5.73. The van der Waals surface area contributed by atoms with Crippen LogP contribution in [0.5, 0.6) is 5.75 Å². The Kier molecular flexibility index (Phi) is 4.26. The lowest BCUT2D eigenvalue weighted by atomic mass is 9.88. The Hall–Kier alpha value is -1.80. The molecule has 3 rings (SSSR count). The number of benzene rings is 2. The van der Waals surface area contributed by atoms with E-state index in [2.05, 4.69) is 73.8 Å². The molecule has 21 heavy (non-hydrogen) atoms. The molecule has 0 bridgehead atoms. The Morgan fingerprint density at radius 3 is 2.33 bits per heavy atom. The first-order valence-electron chi connectivity index (χ1n) is 7.79. The van der Waals surface area contributed by atoms with Gasteiger partial charge in [-0.15, -0.1) is 0 Å². The molecule has 2 nitrogen and oxygen atoms in total. The minimum Gasteiger partial charge on any atom is -0.491 e. The van der Waals surface area contributed by atoms with Crippen LogP contribution in [0.3, 0.4) is 0 Å². The number of rotatable bonds is 4. The van der Waals surface area contributed by atoms with Crippen molar-refractivity contribution in [1.82, 2.24) is 5.32 Å². The molecular formula is C19H23NO. The van der Waals surface area contributed by atoms with Crippen molar-refractivity contribution in [3.63, 3.8) is 0 Å². The number of hydrogen-bond acceptors (Lipinski definition) is 2. The molecule has 1 N–H and O–H groups in total. The van der Waals surface area contributed by atoms with E-state index in [-0.39, 0.29) is 6.10 Å². The van der Waals surface area contributed by atoms with E-state index in [9.17, 15) is 0 Å². The smallest absolute Gasteiger partial charge is 0.119 e. The summed E-state index contributed by atoms with van der Waals surface area (Å²) in [6.45, 7) is 5.19. The maximum absolute atomic E-state index is 5.73. The molecular weight excluding hydrogens is 258 g/mol. The Bertz CT molecular complexity index is 562. The summed E-state index contributed by atoms with van der Waals surface area (Å²) in [5, 5.41) is 3.64. The maximum atomic E-state index is 5.73. The van der Waals surface area contributed by atoms with E-state index < -0.39 is 0 Å². The van der Waals surface area contributed by atoms with Gasteiger partial charge in [-0.3, -0.25) is 0 Å². The zero-order chi connectivity index (χ0) is 14.7. The molecule has 2 aromatic carbocycles. The second-order valence-electron chi connectivity index (χ2n) is 5.97. The molecule has 0 aromatic heterocycles. The predicted octanol–water partition coefficient (Wildman–Crippen LogP) is 4.29. The third kappa shape index (κ3) is 3.27. The van der Waals surface area contributed by atoms with Gasteiger partial charge in [0.2, 0.25) is 0 Å². The van der Waals surface area contributed by atoms with Crippen LogP contribution in [0, 0.1) is 0 Å². The zero-order valence-electron chi connectivity index (χ0n) is 12.8. The highest BCUT2D eigenvalue weighted by Crippen LogP contribution is 2.38. The van der Waals surface area contributed by atoms with Gasteiger partial charge in [0, 0.05) is 12.0 Å². The SMILES string of the molecule is CC(C)Oc1ccc(C2CCNC2c2ccccc2)cc1. The summed E-state index contributed by atoms with van der Waals surface area (Å²) in [6.07, 6.45) is 1.41. The fraction of sp³-hybridized carbons (Fsp3) is 0.368. The average Bonchev–Trinajstić information content (AvgIpc) is 2.98. The normalized spacial score (nSPS) is 21.7. The Labute approximate surface area is 127 Å². The van der Waals surface area contributed by atoms with Gasteiger partial charge in [-0.2, -0.15) is 0 Å². The standard InChI is InChI=1S/C19H23NO/c1-14(2)21-17-10-8-15(9-11-17)18-12-13-20-19(18)16-6-4-3-5-7-16/h3-11,14,18-20H,12-13H2,1-2H3. The molecule has 0 spiro atoms. The van der Waals surface area contributed by atoms with E-state index >= 15 is 0 Å². The Morgan fingerprint density at radius 1 is 0.952 bits per heavy atom. The molecule has 1 aliphatic rings. The quantitative estimate of drug-likeness (QED) is 0.902. The van der Waals surface area contributed by atoms with Gasteiger partial charge in [0.05, 0.1) is 6.10 Å². The summed E-state index contributed by atoms with van der Waals surface area (Å²) in [4.78, 5) is 0. The van der Waals surface area contributed by atoms with Crippen molar-refractivity contribution in [2.45, 2.75) is 38.3 Å². The Balaban J connectivity index is 1.79. The third-order valence-corrected chi connectivity index (χ3v) is 4.06. The van der Waals surface area contributed by atoms with Crippen LogP contribution in [0.4, 0.5) is 0 Å². The van der Waals surface area contributed by atoms with Crippen LogP contribution in [-0.2, 0) is 0 Å².